The molecule has 4 nitrogen and oxygen atoms in total. The second-order valence-corrected chi connectivity index (χ2v) is 15.8. The van der Waals surface area contributed by atoms with Gasteiger partial charge in [-0.1, -0.05) is 64.1 Å². The van der Waals surface area contributed by atoms with Crippen molar-refractivity contribution >= 4 is 5.78 Å². The number of benzene rings is 1. The number of ether oxygens (including phenoxy) is 2. The summed E-state index contributed by atoms with van der Waals surface area (Å²) < 4.78 is 13.4. The molecule has 7 rings (SSSR count). The van der Waals surface area contributed by atoms with Crippen molar-refractivity contribution in [3.63, 3.8) is 0 Å². The molecule has 5 aliphatic rings. The third-order valence-electron chi connectivity index (χ3n) is 13.8. The van der Waals surface area contributed by atoms with Gasteiger partial charge in [0.15, 0.2) is 5.78 Å². The summed E-state index contributed by atoms with van der Waals surface area (Å²) in [6, 6.07) is 16.3. The molecule has 4 aliphatic carbocycles. The summed E-state index contributed by atoms with van der Waals surface area (Å²) in [7, 11) is 0. The Morgan fingerprint density at radius 2 is 1.77 bits per heavy atom. The molecule has 4 saturated carbocycles. The highest BCUT2D eigenvalue weighted by atomic mass is 16.5. The Hall–Kier alpha value is -2.04. The fraction of sp³-hybridized carbons (Fsp3) is 0.692. The second kappa shape index (κ2) is 11.7. The highest BCUT2D eigenvalue weighted by Crippen LogP contribution is 2.70. The first-order valence-electron chi connectivity index (χ1n) is 17.5. The van der Waals surface area contributed by atoms with Crippen LogP contribution in [-0.2, 0) is 16.1 Å². The first-order valence-corrected chi connectivity index (χ1v) is 17.5. The van der Waals surface area contributed by atoms with Crippen LogP contribution in [-0.4, -0.2) is 29.1 Å². The molecule has 5 fully saturated rings. The van der Waals surface area contributed by atoms with E-state index in [0.29, 0.717) is 40.6 Å². The highest BCUT2D eigenvalue weighted by Gasteiger charge is 2.65. The maximum atomic E-state index is 12.9. The van der Waals surface area contributed by atoms with E-state index in [4.69, 9.17) is 9.47 Å². The van der Waals surface area contributed by atoms with Gasteiger partial charge in [0.25, 0.3) is 0 Å². The predicted octanol–water partition coefficient (Wildman–Crippen LogP) is 8.94. The van der Waals surface area contributed by atoms with Crippen LogP contribution in [0, 0.1) is 52.3 Å². The minimum atomic E-state index is -0.0142. The molecule has 1 aliphatic heterocycles. The van der Waals surface area contributed by atoms with E-state index < -0.39 is 0 Å². The Kier molecular flexibility index (Phi) is 8.08. The molecule has 2 heterocycles. The third kappa shape index (κ3) is 5.23. The summed E-state index contributed by atoms with van der Waals surface area (Å²) in [5.41, 5.74) is 2.76. The fourth-order valence-electron chi connectivity index (χ4n) is 11.5. The van der Waals surface area contributed by atoms with Crippen molar-refractivity contribution in [2.45, 2.75) is 117 Å². The van der Waals surface area contributed by atoms with Gasteiger partial charge >= 0.3 is 0 Å². The molecule has 2 aromatic rings. The standard InChI is InChI=1S/C39H53NO3/c1-25(37(41)33-12-8-9-21-40-33)13-16-34-26(2)36-35(43-34)23-32-30-15-14-28-22-29(42-24-27-10-6-5-7-11-27)17-19-38(28,3)31(30)18-20-39(32,36)4/h5-12,21,25-26,28-32,34-36H,13-20,22-24H2,1-4H3/t25-,26+,28+,29-,30+,31-,32-,34+,35-,36-,38-,39-/m0/s1. The molecule has 1 aromatic carbocycles. The number of rotatable bonds is 8. The van der Waals surface area contributed by atoms with Crippen molar-refractivity contribution in [3.8, 4) is 0 Å². The van der Waals surface area contributed by atoms with Crippen molar-refractivity contribution in [3.05, 3.63) is 66.0 Å². The Morgan fingerprint density at radius 1 is 0.977 bits per heavy atom. The first-order chi connectivity index (χ1) is 20.8. The zero-order chi connectivity index (χ0) is 29.8. The summed E-state index contributed by atoms with van der Waals surface area (Å²) in [5, 5.41) is 0. The summed E-state index contributed by atoms with van der Waals surface area (Å²) in [6.45, 7) is 10.6. The largest absolute Gasteiger partial charge is 0.374 e. The van der Waals surface area contributed by atoms with Crippen LogP contribution in [0.15, 0.2) is 54.7 Å². The lowest BCUT2D eigenvalue weighted by Crippen LogP contribution is -2.54. The normalized spacial score (nSPS) is 42.4. The third-order valence-corrected chi connectivity index (χ3v) is 13.8. The van der Waals surface area contributed by atoms with Crippen LogP contribution in [0.4, 0.5) is 0 Å². The quantitative estimate of drug-likeness (QED) is 0.291. The van der Waals surface area contributed by atoms with Crippen molar-refractivity contribution in [2.24, 2.45) is 52.3 Å². The van der Waals surface area contributed by atoms with Crippen LogP contribution < -0.4 is 0 Å². The lowest BCUT2D eigenvalue weighted by molar-refractivity contribution is -0.139. The van der Waals surface area contributed by atoms with Gasteiger partial charge in [-0.25, -0.2) is 0 Å². The molecule has 232 valence electrons. The predicted molar refractivity (Wildman–Crippen MR) is 170 cm³/mol. The van der Waals surface area contributed by atoms with Gasteiger partial charge in [-0.2, -0.15) is 0 Å². The van der Waals surface area contributed by atoms with E-state index in [1.165, 1.54) is 56.9 Å². The van der Waals surface area contributed by atoms with Crippen LogP contribution in [0.2, 0.25) is 0 Å². The molecule has 1 saturated heterocycles. The number of hydrogen-bond donors (Lipinski definition) is 0. The smallest absolute Gasteiger partial charge is 0.183 e. The van der Waals surface area contributed by atoms with E-state index in [0.717, 1.165) is 43.1 Å². The average molecular weight is 584 g/mol. The summed E-state index contributed by atoms with van der Waals surface area (Å²) >= 11 is 0. The number of carbonyl (C=O) groups excluding carboxylic acids is 1. The van der Waals surface area contributed by atoms with E-state index in [-0.39, 0.29) is 17.8 Å². The van der Waals surface area contributed by atoms with Crippen LogP contribution in [0.1, 0.15) is 108 Å². The minimum absolute atomic E-state index is 0.0142. The first kappa shape index (κ1) is 29.7. The monoisotopic (exact) mass is 583 g/mol. The number of fused-ring (bicyclic) bond motifs is 7. The number of pyridine rings is 1. The summed E-state index contributed by atoms with van der Waals surface area (Å²) in [6.07, 6.45) is 15.3. The Bertz CT molecular complexity index is 1270. The lowest BCUT2D eigenvalue weighted by atomic mass is 9.44. The maximum absolute atomic E-state index is 12.9. The number of hydrogen-bond acceptors (Lipinski definition) is 4. The van der Waals surface area contributed by atoms with E-state index in [9.17, 15) is 4.79 Å². The molecule has 12 atom stereocenters. The van der Waals surface area contributed by atoms with Gasteiger partial charge in [0.05, 0.1) is 24.9 Å². The number of ketones is 1. The number of Topliss-reactive ketones (excluding diaryl/α,β-unsaturated/α-hetero) is 1. The van der Waals surface area contributed by atoms with E-state index in [1.54, 1.807) is 6.20 Å². The van der Waals surface area contributed by atoms with Gasteiger partial charge in [-0.3, -0.25) is 9.78 Å². The molecule has 0 bridgehead atoms. The molecular formula is C39H53NO3. The van der Waals surface area contributed by atoms with Crippen molar-refractivity contribution in [1.29, 1.82) is 0 Å². The zero-order valence-corrected chi connectivity index (χ0v) is 26.9. The van der Waals surface area contributed by atoms with Crippen LogP contribution in [0.25, 0.3) is 0 Å². The Labute approximate surface area is 259 Å². The van der Waals surface area contributed by atoms with E-state index in [1.807, 2.05) is 18.2 Å². The van der Waals surface area contributed by atoms with E-state index in [2.05, 4.69) is 63.0 Å². The van der Waals surface area contributed by atoms with Crippen LogP contribution in [0.3, 0.4) is 0 Å². The molecule has 1 aromatic heterocycles. The molecule has 4 heteroatoms. The molecule has 0 spiro atoms. The second-order valence-electron chi connectivity index (χ2n) is 15.8. The van der Waals surface area contributed by atoms with Gasteiger partial charge in [-0.15, -0.1) is 0 Å². The van der Waals surface area contributed by atoms with Crippen molar-refractivity contribution in [2.75, 3.05) is 0 Å². The number of aromatic nitrogens is 1. The van der Waals surface area contributed by atoms with Crippen LogP contribution >= 0.6 is 0 Å². The van der Waals surface area contributed by atoms with Gasteiger partial charge < -0.3 is 9.47 Å². The average Bonchev–Trinajstić information content (AvgIpc) is 3.51. The number of nitrogens with zero attached hydrogens (tertiary/aromatic N) is 1. The minimum Gasteiger partial charge on any atom is -0.374 e. The molecule has 0 unspecified atom stereocenters. The lowest BCUT2D eigenvalue weighted by Gasteiger charge is -2.61. The maximum Gasteiger partial charge on any atom is 0.183 e. The van der Waals surface area contributed by atoms with Gasteiger partial charge in [0.2, 0.25) is 0 Å². The Balaban J connectivity index is 0.968. The molecular weight excluding hydrogens is 530 g/mol. The van der Waals surface area contributed by atoms with E-state index >= 15 is 0 Å². The molecule has 43 heavy (non-hydrogen) atoms. The summed E-state index contributed by atoms with van der Waals surface area (Å²) in [5.74, 6) is 4.72. The van der Waals surface area contributed by atoms with Crippen LogP contribution in [0.5, 0.6) is 0 Å². The molecule has 0 amide bonds. The topological polar surface area (TPSA) is 48.4 Å². The number of carbonyl (C=O) groups is 1. The van der Waals surface area contributed by atoms with Gasteiger partial charge in [-0.05, 0) is 128 Å². The van der Waals surface area contributed by atoms with Crippen molar-refractivity contribution in [1.82, 2.24) is 4.98 Å². The fourth-order valence-corrected chi connectivity index (χ4v) is 11.5. The Morgan fingerprint density at radius 3 is 2.56 bits per heavy atom. The molecule has 0 N–H and O–H groups in total. The van der Waals surface area contributed by atoms with Crippen molar-refractivity contribution < 1.29 is 14.3 Å². The molecule has 0 radical (unpaired) electrons. The van der Waals surface area contributed by atoms with Gasteiger partial charge in [0.1, 0.15) is 5.69 Å². The highest BCUT2D eigenvalue weighted by molar-refractivity contribution is 5.95. The van der Waals surface area contributed by atoms with Gasteiger partial charge in [0, 0.05) is 12.1 Å². The SMILES string of the molecule is C[C@H]1[C@H]2[C@H](C[C@H]3[C@@H]4CC[C@@H]5C[C@@H](OCc6ccccc6)CC[C@]5(C)[C@H]4CC[C@]23C)O[C@@H]1CC[C@H](C)C(=O)c1ccccn1. The summed E-state index contributed by atoms with van der Waals surface area (Å²) in [4.78, 5) is 17.2. The zero-order valence-electron chi connectivity index (χ0n) is 26.9.